The lowest BCUT2D eigenvalue weighted by Gasteiger charge is -2.17. The van der Waals surface area contributed by atoms with Gasteiger partial charge in [-0.15, -0.1) is 0 Å². The third-order valence-corrected chi connectivity index (χ3v) is 4.89. The molecule has 0 radical (unpaired) electrons. The van der Waals surface area contributed by atoms with E-state index in [4.69, 9.17) is 21.1 Å². The quantitative estimate of drug-likeness (QED) is 0.554. The molecule has 0 aromatic heterocycles. The zero-order valence-electron chi connectivity index (χ0n) is 11.7. The van der Waals surface area contributed by atoms with Gasteiger partial charge < -0.3 is 9.47 Å². The Balaban J connectivity index is 2.28. The molecular weight excluding hydrogens is 419 g/mol. The Morgan fingerprint density at radius 1 is 1.05 bits per heavy atom. The molecule has 1 unspecified atom stereocenters. The van der Waals surface area contributed by atoms with Gasteiger partial charge >= 0.3 is 0 Å². The standard InChI is InChI=1S/C16H15Br2ClO2/c1-20-14-8-7-12(16(21-2)15(14)19)13(18)9-10-3-5-11(17)6-4-10/h3-8,13H,9H2,1-2H3. The Bertz CT molecular complexity index is 614. The molecule has 1 atom stereocenters. The lowest BCUT2D eigenvalue weighted by atomic mass is 10.0. The van der Waals surface area contributed by atoms with Gasteiger partial charge in [0.25, 0.3) is 0 Å². The monoisotopic (exact) mass is 432 g/mol. The van der Waals surface area contributed by atoms with E-state index in [-0.39, 0.29) is 4.83 Å². The topological polar surface area (TPSA) is 18.5 Å². The third-order valence-electron chi connectivity index (χ3n) is 3.18. The zero-order chi connectivity index (χ0) is 15.4. The Labute approximate surface area is 146 Å². The van der Waals surface area contributed by atoms with Crippen LogP contribution in [0.2, 0.25) is 5.02 Å². The van der Waals surface area contributed by atoms with Crippen molar-refractivity contribution in [3.05, 3.63) is 57.0 Å². The van der Waals surface area contributed by atoms with E-state index in [1.165, 1.54) is 5.56 Å². The van der Waals surface area contributed by atoms with Gasteiger partial charge in [0.1, 0.15) is 16.5 Å². The van der Waals surface area contributed by atoms with Crippen LogP contribution in [0.4, 0.5) is 0 Å². The maximum Gasteiger partial charge on any atom is 0.145 e. The van der Waals surface area contributed by atoms with Crippen LogP contribution in [0, 0.1) is 0 Å². The molecule has 0 aliphatic heterocycles. The van der Waals surface area contributed by atoms with Crippen molar-refractivity contribution < 1.29 is 9.47 Å². The first kappa shape index (κ1) is 16.7. The van der Waals surface area contributed by atoms with E-state index in [2.05, 4.69) is 44.0 Å². The fourth-order valence-electron chi connectivity index (χ4n) is 2.10. The van der Waals surface area contributed by atoms with Crippen molar-refractivity contribution in [3.63, 3.8) is 0 Å². The van der Waals surface area contributed by atoms with Gasteiger partial charge in [0, 0.05) is 14.9 Å². The van der Waals surface area contributed by atoms with E-state index in [9.17, 15) is 0 Å². The van der Waals surface area contributed by atoms with E-state index < -0.39 is 0 Å². The minimum atomic E-state index is 0.108. The van der Waals surface area contributed by atoms with Crippen LogP contribution in [0.3, 0.4) is 0 Å². The number of benzene rings is 2. The second-order valence-electron chi connectivity index (χ2n) is 4.50. The predicted molar refractivity (Wildman–Crippen MR) is 94.1 cm³/mol. The Kier molecular flexibility index (Phi) is 5.97. The summed E-state index contributed by atoms with van der Waals surface area (Å²) in [7, 11) is 3.21. The van der Waals surface area contributed by atoms with Gasteiger partial charge in [-0.1, -0.05) is 61.7 Å². The van der Waals surface area contributed by atoms with Crippen LogP contribution in [0.1, 0.15) is 16.0 Å². The van der Waals surface area contributed by atoms with E-state index in [0.29, 0.717) is 16.5 Å². The molecule has 0 aliphatic rings. The molecule has 0 N–H and O–H groups in total. The van der Waals surface area contributed by atoms with E-state index in [1.807, 2.05) is 24.3 Å². The highest BCUT2D eigenvalue weighted by molar-refractivity contribution is 9.10. The van der Waals surface area contributed by atoms with Crippen molar-refractivity contribution in [2.45, 2.75) is 11.2 Å². The smallest absolute Gasteiger partial charge is 0.145 e. The second-order valence-corrected chi connectivity index (χ2v) is 6.90. The largest absolute Gasteiger partial charge is 0.495 e. The molecule has 2 nitrogen and oxygen atoms in total. The Morgan fingerprint density at radius 2 is 1.71 bits per heavy atom. The van der Waals surface area contributed by atoms with Gasteiger partial charge in [-0.05, 0) is 30.2 Å². The van der Waals surface area contributed by atoms with Crippen LogP contribution >= 0.6 is 43.5 Å². The molecule has 112 valence electrons. The SMILES string of the molecule is COc1ccc(C(Br)Cc2ccc(Br)cc2)c(OC)c1Cl. The zero-order valence-corrected chi connectivity index (χ0v) is 15.6. The second kappa shape index (κ2) is 7.52. The summed E-state index contributed by atoms with van der Waals surface area (Å²) in [5.74, 6) is 1.26. The number of ether oxygens (including phenoxy) is 2. The van der Waals surface area contributed by atoms with Crippen LogP contribution in [-0.2, 0) is 6.42 Å². The van der Waals surface area contributed by atoms with Gasteiger partial charge in [0.05, 0.1) is 14.2 Å². The minimum absolute atomic E-state index is 0.108. The maximum atomic E-state index is 6.31. The molecule has 0 saturated carbocycles. The van der Waals surface area contributed by atoms with Crippen molar-refractivity contribution >= 4 is 43.5 Å². The highest BCUT2D eigenvalue weighted by atomic mass is 79.9. The van der Waals surface area contributed by atoms with Crippen molar-refractivity contribution in [3.8, 4) is 11.5 Å². The molecule has 2 aromatic rings. The summed E-state index contributed by atoms with van der Waals surface area (Å²) < 4.78 is 11.7. The summed E-state index contributed by atoms with van der Waals surface area (Å²) in [5, 5.41) is 0.498. The summed E-state index contributed by atoms with van der Waals surface area (Å²) in [6.45, 7) is 0. The first-order valence-corrected chi connectivity index (χ1v) is 8.44. The van der Waals surface area contributed by atoms with Crippen molar-refractivity contribution in [2.24, 2.45) is 0 Å². The Hall–Kier alpha value is -0.710. The first-order valence-electron chi connectivity index (χ1n) is 6.35. The molecule has 21 heavy (non-hydrogen) atoms. The summed E-state index contributed by atoms with van der Waals surface area (Å²) in [6.07, 6.45) is 0.840. The van der Waals surface area contributed by atoms with Crippen LogP contribution in [0.25, 0.3) is 0 Å². The van der Waals surface area contributed by atoms with Crippen molar-refractivity contribution in [1.29, 1.82) is 0 Å². The van der Waals surface area contributed by atoms with Gasteiger partial charge in [0.2, 0.25) is 0 Å². The average Bonchev–Trinajstić information content (AvgIpc) is 2.49. The molecule has 0 spiro atoms. The molecule has 0 bridgehead atoms. The molecule has 0 heterocycles. The predicted octanol–water partition coefficient (Wildman–Crippen LogP) is 5.80. The number of halogens is 3. The molecule has 2 aromatic carbocycles. The first-order chi connectivity index (χ1) is 10.1. The molecular formula is C16H15Br2ClO2. The van der Waals surface area contributed by atoms with Gasteiger partial charge in [-0.2, -0.15) is 0 Å². The van der Waals surface area contributed by atoms with Gasteiger partial charge in [-0.3, -0.25) is 0 Å². The molecule has 0 amide bonds. The van der Waals surface area contributed by atoms with Gasteiger partial charge in [0.15, 0.2) is 0 Å². The lowest BCUT2D eigenvalue weighted by molar-refractivity contribution is 0.391. The summed E-state index contributed by atoms with van der Waals surface area (Å²) in [4.78, 5) is 0.108. The van der Waals surface area contributed by atoms with Crippen LogP contribution in [0.15, 0.2) is 40.9 Å². The number of rotatable bonds is 5. The van der Waals surface area contributed by atoms with Crippen molar-refractivity contribution in [1.82, 2.24) is 0 Å². The number of methoxy groups -OCH3 is 2. The summed E-state index contributed by atoms with van der Waals surface area (Å²) in [6, 6.07) is 12.1. The fourth-order valence-corrected chi connectivity index (χ4v) is 3.43. The molecule has 0 saturated heterocycles. The number of hydrogen-bond donors (Lipinski definition) is 0. The van der Waals surface area contributed by atoms with E-state index >= 15 is 0 Å². The minimum Gasteiger partial charge on any atom is -0.495 e. The molecule has 2 rings (SSSR count). The highest BCUT2D eigenvalue weighted by Gasteiger charge is 2.19. The normalized spacial score (nSPS) is 12.0. The lowest BCUT2D eigenvalue weighted by Crippen LogP contribution is -2.00. The molecule has 5 heteroatoms. The van der Waals surface area contributed by atoms with Crippen molar-refractivity contribution in [2.75, 3.05) is 14.2 Å². The Morgan fingerprint density at radius 3 is 2.29 bits per heavy atom. The highest BCUT2D eigenvalue weighted by Crippen LogP contribution is 2.42. The average molecular weight is 435 g/mol. The fraction of sp³-hybridized carbons (Fsp3) is 0.250. The van der Waals surface area contributed by atoms with Crippen LogP contribution in [-0.4, -0.2) is 14.2 Å². The maximum absolute atomic E-state index is 6.31. The van der Waals surface area contributed by atoms with E-state index in [1.54, 1.807) is 14.2 Å². The summed E-state index contributed by atoms with van der Waals surface area (Å²) >= 11 is 13.5. The van der Waals surface area contributed by atoms with E-state index in [0.717, 1.165) is 16.5 Å². The van der Waals surface area contributed by atoms with Gasteiger partial charge in [-0.25, -0.2) is 0 Å². The molecule has 0 fully saturated rings. The summed E-state index contributed by atoms with van der Waals surface area (Å²) in [5.41, 5.74) is 2.24. The number of hydrogen-bond acceptors (Lipinski definition) is 2. The molecule has 0 aliphatic carbocycles. The van der Waals surface area contributed by atoms with Crippen LogP contribution < -0.4 is 9.47 Å². The number of alkyl halides is 1. The van der Waals surface area contributed by atoms with Crippen LogP contribution in [0.5, 0.6) is 11.5 Å². The third kappa shape index (κ3) is 3.93.